The van der Waals surface area contributed by atoms with Gasteiger partial charge in [-0.2, -0.15) is 11.8 Å². The first-order chi connectivity index (χ1) is 14.4. The third-order valence-electron chi connectivity index (χ3n) is 3.96. The normalized spacial score (nSPS) is 14.4. The summed E-state index contributed by atoms with van der Waals surface area (Å²) >= 11 is 1.41. The summed E-state index contributed by atoms with van der Waals surface area (Å²) in [6.07, 6.45) is 0.440. The molecule has 0 aromatic carbocycles. The van der Waals surface area contributed by atoms with Crippen molar-refractivity contribution in [2.75, 3.05) is 12.0 Å². The first kappa shape index (κ1) is 28.1. The molecule has 0 radical (unpaired) electrons. The van der Waals surface area contributed by atoms with Crippen molar-refractivity contribution in [3.05, 3.63) is 0 Å². The Labute approximate surface area is 183 Å². The highest BCUT2D eigenvalue weighted by atomic mass is 32.2. The second-order valence-corrected chi connectivity index (χ2v) is 7.68. The molecule has 0 aliphatic heterocycles. The number of hydrogen-bond acceptors (Lipinski definition) is 8. The minimum absolute atomic E-state index is 0.207. The number of rotatable bonds is 15. The van der Waals surface area contributed by atoms with Crippen molar-refractivity contribution >= 4 is 47.3 Å². The summed E-state index contributed by atoms with van der Waals surface area (Å²) in [5.74, 6) is -5.64. The number of carbonyl (C=O) groups is 6. The lowest BCUT2D eigenvalue weighted by Crippen LogP contribution is -2.57. The third-order valence-corrected chi connectivity index (χ3v) is 4.60. The molecule has 13 nitrogen and oxygen atoms in total. The Bertz CT molecular complexity index is 687. The number of nitrogens with one attached hydrogen (secondary N) is 3. The van der Waals surface area contributed by atoms with Crippen molar-refractivity contribution in [2.24, 2.45) is 11.5 Å². The van der Waals surface area contributed by atoms with Crippen LogP contribution < -0.4 is 27.4 Å². The van der Waals surface area contributed by atoms with E-state index in [0.717, 1.165) is 0 Å². The van der Waals surface area contributed by atoms with Crippen LogP contribution in [0.3, 0.4) is 0 Å². The van der Waals surface area contributed by atoms with Crippen molar-refractivity contribution in [2.45, 2.75) is 56.8 Å². The average Bonchev–Trinajstić information content (AvgIpc) is 2.66. The van der Waals surface area contributed by atoms with Crippen molar-refractivity contribution in [3.8, 4) is 0 Å². The van der Waals surface area contributed by atoms with Crippen LogP contribution in [0.5, 0.6) is 0 Å². The van der Waals surface area contributed by atoms with E-state index in [2.05, 4.69) is 16.0 Å². The number of carbonyl (C=O) groups excluding carboxylic acids is 4. The van der Waals surface area contributed by atoms with Gasteiger partial charge < -0.3 is 37.6 Å². The molecule has 0 heterocycles. The second kappa shape index (κ2) is 14.2. The smallest absolute Gasteiger partial charge is 0.326 e. The molecule has 0 rings (SSSR count). The zero-order chi connectivity index (χ0) is 24.1. The van der Waals surface area contributed by atoms with Gasteiger partial charge in [0.2, 0.25) is 23.6 Å². The van der Waals surface area contributed by atoms with E-state index in [1.165, 1.54) is 18.7 Å². The molecule has 0 saturated carbocycles. The number of carboxylic acid groups (broad SMARTS) is 2. The SMILES string of the molecule is CSCCC(NC(=O)C(C)N)C(=O)NC(CCC(=O)O)C(=O)NC(CC(N)=O)C(=O)O. The fourth-order valence-corrected chi connectivity index (χ4v) is 2.76. The highest BCUT2D eigenvalue weighted by molar-refractivity contribution is 7.98. The molecule has 0 saturated heterocycles. The van der Waals surface area contributed by atoms with Gasteiger partial charge in [0.25, 0.3) is 0 Å². The summed E-state index contributed by atoms with van der Waals surface area (Å²) in [5, 5.41) is 24.9. The van der Waals surface area contributed by atoms with E-state index in [9.17, 15) is 28.8 Å². The van der Waals surface area contributed by atoms with E-state index < -0.39 is 72.6 Å². The maximum atomic E-state index is 12.7. The fraction of sp³-hybridized carbons (Fsp3) is 0.647. The van der Waals surface area contributed by atoms with Gasteiger partial charge >= 0.3 is 11.9 Å². The van der Waals surface area contributed by atoms with Crippen molar-refractivity contribution in [1.82, 2.24) is 16.0 Å². The summed E-state index contributed by atoms with van der Waals surface area (Å²) in [6, 6.07) is -5.02. The largest absolute Gasteiger partial charge is 0.481 e. The Balaban J connectivity index is 5.47. The highest BCUT2D eigenvalue weighted by Gasteiger charge is 2.30. The molecule has 4 amide bonds. The Hall–Kier alpha value is -2.87. The number of aliphatic carboxylic acids is 2. The molecule has 0 aliphatic rings. The second-order valence-electron chi connectivity index (χ2n) is 6.69. The summed E-state index contributed by atoms with van der Waals surface area (Å²) < 4.78 is 0. The molecular weight excluding hydrogens is 434 g/mol. The lowest BCUT2D eigenvalue weighted by Gasteiger charge is -2.24. The minimum atomic E-state index is -1.65. The van der Waals surface area contributed by atoms with Crippen LogP contribution >= 0.6 is 11.8 Å². The van der Waals surface area contributed by atoms with E-state index in [0.29, 0.717) is 5.75 Å². The monoisotopic (exact) mass is 463 g/mol. The van der Waals surface area contributed by atoms with Crippen LogP contribution in [0.15, 0.2) is 0 Å². The number of hydrogen-bond donors (Lipinski definition) is 7. The van der Waals surface area contributed by atoms with Gasteiger partial charge in [0.05, 0.1) is 12.5 Å². The molecule has 4 atom stereocenters. The number of carboxylic acids is 2. The average molecular weight is 464 g/mol. The lowest BCUT2D eigenvalue weighted by atomic mass is 10.1. The van der Waals surface area contributed by atoms with E-state index in [1.807, 2.05) is 0 Å². The summed E-state index contributed by atoms with van der Waals surface area (Å²) in [6.45, 7) is 1.42. The third kappa shape index (κ3) is 11.8. The van der Waals surface area contributed by atoms with E-state index in [-0.39, 0.29) is 12.8 Å². The van der Waals surface area contributed by atoms with Crippen LogP contribution in [-0.4, -0.2) is 82.0 Å². The number of nitrogens with two attached hydrogens (primary N) is 2. The van der Waals surface area contributed by atoms with Crippen LogP contribution in [0.1, 0.15) is 32.6 Å². The Kier molecular flexibility index (Phi) is 12.9. The van der Waals surface area contributed by atoms with Crippen LogP contribution in [0, 0.1) is 0 Å². The minimum Gasteiger partial charge on any atom is -0.481 e. The molecule has 0 spiro atoms. The Morgan fingerprint density at radius 1 is 0.871 bits per heavy atom. The molecule has 0 bridgehead atoms. The van der Waals surface area contributed by atoms with Gasteiger partial charge in [0.15, 0.2) is 0 Å². The molecule has 14 heteroatoms. The van der Waals surface area contributed by atoms with Crippen LogP contribution in [0.25, 0.3) is 0 Å². The summed E-state index contributed by atoms with van der Waals surface area (Å²) in [7, 11) is 0. The molecule has 0 fully saturated rings. The summed E-state index contributed by atoms with van der Waals surface area (Å²) in [5.41, 5.74) is 10.5. The standard InChI is InChI=1S/C17H29N5O8S/c1-8(18)14(26)20-10(5-6-31-2)16(28)21-9(3-4-13(24)25)15(27)22-11(17(29)30)7-12(19)23/h8-11H,3-7,18H2,1-2H3,(H2,19,23)(H,20,26)(H,21,28)(H,22,27)(H,24,25)(H,29,30). The van der Waals surface area contributed by atoms with Crippen LogP contribution in [-0.2, 0) is 28.8 Å². The number of thioether (sulfide) groups is 1. The van der Waals surface area contributed by atoms with E-state index in [4.69, 9.17) is 21.7 Å². The molecule has 0 aliphatic carbocycles. The van der Waals surface area contributed by atoms with E-state index >= 15 is 0 Å². The highest BCUT2D eigenvalue weighted by Crippen LogP contribution is 2.05. The topological polar surface area (TPSA) is 231 Å². The zero-order valence-electron chi connectivity index (χ0n) is 17.3. The van der Waals surface area contributed by atoms with Gasteiger partial charge in [-0.25, -0.2) is 4.79 Å². The summed E-state index contributed by atoms with van der Waals surface area (Å²) in [4.78, 5) is 70.2. The molecular formula is C17H29N5O8S. The van der Waals surface area contributed by atoms with Crippen molar-refractivity contribution in [1.29, 1.82) is 0 Å². The predicted octanol–water partition coefficient (Wildman–Crippen LogP) is -2.63. The van der Waals surface area contributed by atoms with E-state index in [1.54, 1.807) is 6.26 Å². The molecule has 0 aromatic rings. The zero-order valence-corrected chi connectivity index (χ0v) is 18.1. The molecule has 176 valence electrons. The Morgan fingerprint density at radius 2 is 1.35 bits per heavy atom. The van der Waals surface area contributed by atoms with Crippen molar-refractivity contribution in [3.63, 3.8) is 0 Å². The lowest BCUT2D eigenvalue weighted by molar-refractivity contribution is -0.144. The molecule has 4 unspecified atom stereocenters. The quantitative estimate of drug-likeness (QED) is 0.133. The number of primary amides is 1. The molecule has 31 heavy (non-hydrogen) atoms. The van der Waals surface area contributed by atoms with Crippen LogP contribution in [0.2, 0.25) is 0 Å². The van der Waals surface area contributed by atoms with Gasteiger partial charge in [-0.05, 0) is 31.8 Å². The van der Waals surface area contributed by atoms with Gasteiger partial charge in [0.1, 0.15) is 18.1 Å². The first-order valence-corrected chi connectivity index (χ1v) is 10.7. The van der Waals surface area contributed by atoms with Gasteiger partial charge in [-0.3, -0.25) is 24.0 Å². The predicted molar refractivity (Wildman–Crippen MR) is 111 cm³/mol. The molecule has 9 N–H and O–H groups in total. The molecule has 0 aromatic heterocycles. The number of amides is 4. The van der Waals surface area contributed by atoms with Gasteiger partial charge in [-0.15, -0.1) is 0 Å². The first-order valence-electron chi connectivity index (χ1n) is 9.27. The van der Waals surface area contributed by atoms with Crippen molar-refractivity contribution < 1.29 is 39.0 Å². The van der Waals surface area contributed by atoms with Gasteiger partial charge in [-0.1, -0.05) is 0 Å². The maximum Gasteiger partial charge on any atom is 0.326 e. The Morgan fingerprint density at radius 3 is 1.77 bits per heavy atom. The van der Waals surface area contributed by atoms with Crippen LogP contribution in [0.4, 0.5) is 0 Å². The fourth-order valence-electron chi connectivity index (χ4n) is 2.29. The maximum absolute atomic E-state index is 12.7. The van der Waals surface area contributed by atoms with Gasteiger partial charge in [0, 0.05) is 6.42 Å².